The summed E-state index contributed by atoms with van der Waals surface area (Å²) in [6.45, 7) is 0. The van der Waals surface area contributed by atoms with E-state index >= 15 is 0 Å². The Hall–Kier alpha value is -2.94. The van der Waals surface area contributed by atoms with Crippen LogP contribution in [0.2, 0.25) is 10.0 Å². The van der Waals surface area contributed by atoms with Gasteiger partial charge in [-0.15, -0.1) is 0 Å². The number of halogens is 2. The van der Waals surface area contributed by atoms with Gasteiger partial charge < -0.3 is 14.6 Å². The lowest BCUT2D eigenvalue weighted by Gasteiger charge is -2.12. The van der Waals surface area contributed by atoms with E-state index in [2.05, 4.69) is 20.4 Å². The van der Waals surface area contributed by atoms with Crippen LogP contribution in [0.25, 0.3) is 11.4 Å². The Bertz CT molecular complexity index is 1160. The number of aryl methyl sites for hydroxylation is 1. The second-order valence-electron chi connectivity index (χ2n) is 6.11. The molecule has 0 aliphatic heterocycles. The van der Waals surface area contributed by atoms with Gasteiger partial charge in [-0.3, -0.25) is 4.79 Å². The van der Waals surface area contributed by atoms with Gasteiger partial charge >= 0.3 is 0 Å². The molecular weight excluding hydrogens is 447 g/mol. The molecule has 10 heteroatoms. The highest BCUT2D eigenvalue weighted by Crippen LogP contribution is 2.33. The minimum atomic E-state index is -0.225. The van der Waals surface area contributed by atoms with Crippen molar-refractivity contribution in [1.82, 2.24) is 15.1 Å². The fourth-order valence-corrected chi connectivity index (χ4v) is 3.59. The molecule has 0 atom stereocenters. The van der Waals surface area contributed by atoms with Crippen LogP contribution in [0, 0.1) is 0 Å². The van der Waals surface area contributed by atoms with Gasteiger partial charge in [-0.1, -0.05) is 40.5 Å². The zero-order valence-corrected chi connectivity index (χ0v) is 17.7. The van der Waals surface area contributed by atoms with E-state index in [9.17, 15) is 4.79 Å². The Morgan fingerprint density at radius 2 is 2.10 bits per heavy atom. The first-order valence-electron chi connectivity index (χ1n) is 8.81. The molecule has 1 aromatic carbocycles. The van der Waals surface area contributed by atoms with Gasteiger partial charge in [0.05, 0.1) is 10.7 Å². The van der Waals surface area contributed by atoms with Crippen molar-refractivity contribution in [3.63, 3.8) is 0 Å². The highest BCUT2D eigenvalue weighted by Gasteiger charge is 2.14. The molecule has 0 spiro atoms. The average Bonchev–Trinajstić information content (AvgIpc) is 3.41. The van der Waals surface area contributed by atoms with Crippen molar-refractivity contribution in [2.45, 2.75) is 12.8 Å². The molecule has 0 saturated carbocycles. The van der Waals surface area contributed by atoms with Crippen molar-refractivity contribution in [1.29, 1.82) is 0 Å². The van der Waals surface area contributed by atoms with Crippen molar-refractivity contribution in [2.24, 2.45) is 0 Å². The van der Waals surface area contributed by atoms with Gasteiger partial charge in [-0.2, -0.15) is 16.3 Å². The molecule has 30 heavy (non-hydrogen) atoms. The van der Waals surface area contributed by atoms with Crippen molar-refractivity contribution in [2.75, 3.05) is 5.32 Å². The monoisotopic (exact) mass is 460 g/mol. The maximum Gasteiger partial charge on any atom is 0.238 e. The number of nitrogens with one attached hydrogen (secondary N) is 1. The standard InChI is InChI=1S/C20H14Cl2N4O3S/c21-13-9-14(22)20(23-10-13)28-16-4-2-1-3-15(16)24-17(27)5-6-18-25-19(26-29-18)12-7-8-30-11-12/h1-4,7-11H,5-6H2,(H,24,27). The van der Waals surface area contributed by atoms with Gasteiger partial charge in [0.2, 0.25) is 23.5 Å². The summed E-state index contributed by atoms with van der Waals surface area (Å²) in [5, 5.41) is 11.3. The summed E-state index contributed by atoms with van der Waals surface area (Å²) in [5.74, 6) is 1.27. The van der Waals surface area contributed by atoms with E-state index in [1.165, 1.54) is 12.3 Å². The van der Waals surface area contributed by atoms with Crippen LogP contribution >= 0.6 is 34.5 Å². The minimum absolute atomic E-state index is 0.166. The van der Waals surface area contributed by atoms with Crippen LogP contribution in [0.4, 0.5) is 5.69 Å². The molecular formula is C20H14Cl2N4O3S. The van der Waals surface area contributed by atoms with E-state index in [-0.39, 0.29) is 23.2 Å². The van der Waals surface area contributed by atoms with Crippen molar-refractivity contribution >= 4 is 46.1 Å². The SMILES string of the molecule is O=C(CCc1nc(-c2ccsc2)no1)Nc1ccccc1Oc1ncc(Cl)cc1Cl. The van der Waals surface area contributed by atoms with Crippen LogP contribution in [0.5, 0.6) is 11.6 Å². The Morgan fingerprint density at radius 3 is 2.90 bits per heavy atom. The summed E-state index contributed by atoms with van der Waals surface area (Å²) in [5.41, 5.74) is 1.37. The molecule has 0 unspecified atom stereocenters. The Kier molecular flexibility index (Phi) is 6.27. The molecule has 0 fully saturated rings. The quantitative estimate of drug-likeness (QED) is 0.371. The molecule has 3 heterocycles. The number of pyridine rings is 1. The van der Waals surface area contributed by atoms with Crippen LogP contribution in [0.15, 0.2) is 57.9 Å². The van der Waals surface area contributed by atoms with E-state index in [1.807, 2.05) is 16.8 Å². The molecule has 4 aromatic rings. The Morgan fingerprint density at radius 1 is 1.23 bits per heavy atom. The first kappa shape index (κ1) is 20.3. The maximum absolute atomic E-state index is 12.4. The molecule has 0 bridgehead atoms. The van der Waals surface area contributed by atoms with Gasteiger partial charge in [-0.25, -0.2) is 4.98 Å². The topological polar surface area (TPSA) is 90.1 Å². The van der Waals surface area contributed by atoms with E-state index in [1.54, 1.807) is 35.6 Å². The largest absolute Gasteiger partial charge is 0.435 e. The highest BCUT2D eigenvalue weighted by molar-refractivity contribution is 7.08. The molecule has 152 valence electrons. The fourth-order valence-electron chi connectivity index (χ4n) is 2.54. The number of ether oxygens (including phenoxy) is 1. The number of anilines is 1. The van der Waals surface area contributed by atoms with Gasteiger partial charge in [-0.05, 0) is 29.6 Å². The zero-order valence-electron chi connectivity index (χ0n) is 15.3. The van der Waals surface area contributed by atoms with Gasteiger partial charge in [0.15, 0.2) is 5.75 Å². The van der Waals surface area contributed by atoms with Gasteiger partial charge in [0.25, 0.3) is 0 Å². The van der Waals surface area contributed by atoms with Crippen LogP contribution in [0.3, 0.4) is 0 Å². The second-order valence-corrected chi connectivity index (χ2v) is 7.73. The number of hydrogen-bond donors (Lipinski definition) is 1. The third-order valence-electron chi connectivity index (χ3n) is 3.96. The predicted octanol–water partition coefficient (Wildman–Crippen LogP) is 5.86. The van der Waals surface area contributed by atoms with Crippen LogP contribution < -0.4 is 10.1 Å². The van der Waals surface area contributed by atoms with E-state index < -0.39 is 0 Å². The number of para-hydroxylation sites is 2. The van der Waals surface area contributed by atoms with Gasteiger partial charge in [0, 0.05) is 30.0 Å². The number of hydrogen-bond acceptors (Lipinski definition) is 7. The lowest BCUT2D eigenvalue weighted by molar-refractivity contribution is -0.116. The number of carbonyl (C=O) groups excluding carboxylic acids is 1. The van der Waals surface area contributed by atoms with Crippen LogP contribution in [-0.4, -0.2) is 21.0 Å². The first-order chi connectivity index (χ1) is 14.6. The lowest BCUT2D eigenvalue weighted by atomic mass is 10.2. The van der Waals surface area contributed by atoms with Crippen LogP contribution in [-0.2, 0) is 11.2 Å². The highest BCUT2D eigenvalue weighted by atomic mass is 35.5. The molecule has 1 N–H and O–H groups in total. The normalized spacial score (nSPS) is 10.7. The third kappa shape index (κ3) is 4.96. The summed E-state index contributed by atoms with van der Waals surface area (Å²) >= 11 is 13.5. The number of rotatable bonds is 7. The maximum atomic E-state index is 12.4. The van der Waals surface area contributed by atoms with Crippen molar-refractivity contribution in [3.05, 3.63) is 69.3 Å². The predicted molar refractivity (Wildman–Crippen MR) is 115 cm³/mol. The molecule has 0 radical (unpaired) electrons. The summed E-state index contributed by atoms with van der Waals surface area (Å²) in [6.07, 6.45) is 1.91. The fraction of sp³-hybridized carbons (Fsp3) is 0.100. The summed E-state index contributed by atoms with van der Waals surface area (Å²) in [7, 11) is 0. The number of carbonyl (C=O) groups is 1. The molecule has 1 amide bonds. The minimum Gasteiger partial charge on any atom is -0.435 e. The number of thiophene rings is 1. The first-order valence-corrected chi connectivity index (χ1v) is 10.5. The lowest BCUT2D eigenvalue weighted by Crippen LogP contribution is -2.13. The smallest absolute Gasteiger partial charge is 0.238 e. The molecule has 3 aromatic heterocycles. The number of benzene rings is 1. The summed E-state index contributed by atoms with van der Waals surface area (Å²) in [4.78, 5) is 20.8. The third-order valence-corrected chi connectivity index (χ3v) is 5.12. The molecule has 0 saturated heterocycles. The van der Waals surface area contributed by atoms with E-state index in [0.717, 1.165) is 5.56 Å². The molecule has 0 aliphatic rings. The van der Waals surface area contributed by atoms with E-state index in [0.29, 0.717) is 34.6 Å². The molecule has 4 rings (SSSR count). The Balaban J connectivity index is 1.39. The number of nitrogens with zero attached hydrogens (tertiary/aromatic N) is 3. The average molecular weight is 461 g/mol. The molecule has 7 nitrogen and oxygen atoms in total. The summed E-state index contributed by atoms with van der Waals surface area (Å²) in [6, 6.07) is 10.4. The number of aromatic nitrogens is 3. The second kappa shape index (κ2) is 9.25. The van der Waals surface area contributed by atoms with Gasteiger partial charge in [0.1, 0.15) is 5.02 Å². The Labute approximate surface area is 185 Å². The molecule has 0 aliphatic carbocycles. The summed E-state index contributed by atoms with van der Waals surface area (Å²) < 4.78 is 11.0. The number of amides is 1. The van der Waals surface area contributed by atoms with Crippen LogP contribution in [0.1, 0.15) is 12.3 Å². The van der Waals surface area contributed by atoms with Crippen molar-refractivity contribution in [3.8, 4) is 23.0 Å². The zero-order chi connectivity index (χ0) is 20.9. The van der Waals surface area contributed by atoms with E-state index in [4.69, 9.17) is 32.5 Å². The van der Waals surface area contributed by atoms with Crippen molar-refractivity contribution < 1.29 is 14.1 Å².